The molecule has 112 valence electrons. The molecule has 0 aliphatic carbocycles. The predicted molar refractivity (Wildman–Crippen MR) is 83.2 cm³/mol. The van der Waals surface area contributed by atoms with Crippen LogP contribution in [0.4, 0.5) is 11.4 Å². The second-order valence-corrected chi connectivity index (χ2v) is 5.96. The van der Waals surface area contributed by atoms with Crippen molar-refractivity contribution in [3.63, 3.8) is 0 Å². The van der Waals surface area contributed by atoms with Crippen molar-refractivity contribution < 1.29 is 14.4 Å². The largest absolute Gasteiger partial charge is 0.330 e. The lowest BCUT2D eigenvalue weighted by atomic mass is 10.2. The number of thioether (sulfide) groups is 1. The molecule has 1 fully saturated rings. The molecule has 1 aliphatic rings. The highest BCUT2D eigenvalue weighted by Gasteiger charge is 2.39. The summed E-state index contributed by atoms with van der Waals surface area (Å²) in [4.78, 5) is 36.4. The van der Waals surface area contributed by atoms with E-state index in [2.05, 4.69) is 5.32 Å². The molecule has 3 N–H and O–H groups in total. The second kappa shape index (κ2) is 6.73. The minimum absolute atomic E-state index is 0.172. The number of rotatable bonds is 5. The Morgan fingerprint density at radius 3 is 2.62 bits per heavy atom. The maximum absolute atomic E-state index is 12.3. The molecule has 1 aliphatic heterocycles. The van der Waals surface area contributed by atoms with Gasteiger partial charge < -0.3 is 11.1 Å². The molecule has 7 heteroatoms. The molecular formula is C14H17N3O3S. The number of amides is 3. The fraction of sp³-hybridized carbons (Fsp3) is 0.357. The van der Waals surface area contributed by atoms with Crippen molar-refractivity contribution in [2.45, 2.75) is 18.6 Å². The monoisotopic (exact) mass is 307 g/mol. The number of carbonyl (C=O) groups excluding carboxylic acids is 3. The Morgan fingerprint density at radius 1 is 1.38 bits per heavy atom. The van der Waals surface area contributed by atoms with Crippen molar-refractivity contribution in [3.8, 4) is 0 Å². The van der Waals surface area contributed by atoms with Gasteiger partial charge in [0.2, 0.25) is 17.7 Å². The van der Waals surface area contributed by atoms with Crippen LogP contribution in [0.5, 0.6) is 0 Å². The Kier molecular flexibility index (Phi) is 4.98. The van der Waals surface area contributed by atoms with Gasteiger partial charge >= 0.3 is 0 Å². The second-order valence-electron chi connectivity index (χ2n) is 4.65. The third kappa shape index (κ3) is 3.62. The fourth-order valence-corrected chi connectivity index (χ4v) is 3.04. The van der Waals surface area contributed by atoms with E-state index in [-0.39, 0.29) is 29.4 Å². The minimum atomic E-state index is -0.351. The highest BCUT2D eigenvalue weighted by Crippen LogP contribution is 2.30. The minimum Gasteiger partial charge on any atom is -0.330 e. The number of hydrogen-bond acceptors (Lipinski definition) is 5. The molecular weight excluding hydrogens is 290 g/mol. The van der Waals surface area contributed by atoms with Gasteiger partial charge in [0.1, 0.15) is 0 Å². The molecule has 1 saturated heterocycles. The molecule has 0 radical (unpaired) electrons. The summed E-state index contributed by atoms with van der Waals surface area (Å²) in [6.07, 6.45) is 0.205. The van der Waals surface area contributed by atoms with Crippen LogP contribution in [-0.2, 0) is 14.4 Å². The van der Waals surface area contributed by atoms with Crippen molar-refractivity contribution >= 4 is 40.9 Å². The Bertz CT molecular complexity index is 559. The van der Waals surface area contributed by atoms with Crippen molar-refractivity contribution in [3.05, 3.63) is 24.3 Å². The zero-order chi connectivity index (χ0) is 15.4. The summed E-state index contributed by atoms with van der Waals surface area (Å²) < 4.78 is 0. The van der Waals surface area contributed by atoms with E-state index in [4.69, 9.17) is 5.73 Å². The molecule has 0 bridgehead atoms. The van der Waals surface area contributed by atoms with Crippen LogP contribution in [-0.4, -0.2) is 35.3 Å². The molecule has 1 aromatic rings. The van der Waals surface area contributed by atoms with Gasteiger partial charge in [-0.15, -0.1) is 11.8 Å². The molecule has 3 amide bonds. The zero-order valence-corrected chi connectivity index (χ0v) is 12.5. The van der Waals surface area contributed by atoms with Gasteiger partial charge in [-0.25, -0.2) is 4.90 Å². The number of nitrogens with two attached hydrogens (primary N) is 1. The predicted octanol–water partition coefficient (Wildman–Crippen LogP) is 0.969. The van der Waals surface area contributed by atoms with Gasteiger partial charge in [-0.05, 0) is 24.3 Å². The number of hydrogen-bond donors (Lipinski definition) is 2. The van der Waals surface area contributed by atoms with E-state index in [1.54, 1.807) is 24.3 Å². The van der Waals surface area contributed by atoms with Gasteiger partial charge in [0, 0.05) is 31.3 Å². The lowest BCUT2D eigenvalue weighted by Crippen LogP contribution is -2.31. The average molecular weight is 307 g/mol. The van der Waals surface area contributed by atoms with Crippen molar-refractivity contribution in [1.82, 2.24) is 0 Å². The Morgan fingerprint density at radius 2 is 2.05 bits per heavy atom. The molecule has 1 aromatic carbocycles. The number of nitrogens with one attached hydrogen (secondary N) is 1. The first-order chi connectivity index (χ1) is 10.0. The highest BCUT2D eigenvalue weighted by molar-refractivity contribution is 8.00. The van der Waals surface area contributed by atoms with Crippen LogP contribution in [0.2, 0.25) is 0 Å². The first-order valence-corrected chi connectivity index (χ1v) is 7.64. The van der Waals surface area contributed by atoms with E-state index < -0.39 is 0 Å². The summed E-state index contributed by atoms with van der Waals surface area (Å²) in [6, 6.07) is 6.63. The SMILES string of the molecule is CC(=O)Nc1ccc(N2C(=O)CC(SCCN)C2=O)cc1. The van der Waals surface area contributed by atoms with Crippen LogP contribution < -0.4 is 16.0 Å². The van der Waals surface area contributed by atoms with Crippen molar-refractivity contribution in [1.29, 1.82) is 0 Å². The number of nitrogens with zero attached hydrogens (tertiary/aromatic N) is 1. The molecule has 6 nitrogen and oxygen atoms in total. The Balaban J connectivity index is 2.12. The van der Waals surface area contributed by atoms with Gasteiger partial charge in [0.05, 0.1) is 10.9 Å². The molecule has 1 unspecified atom stereocenters. The van der Waals surface area contributed by atoms with Crippen molar-refractivity contribution in [2.24, 2.45) is 5.73 Å². The summed E-state index contributed by atoms with van der Waals surface area (Å²) in [5, 5.41) is 2.29. The van der Waals surface area contributed by atoms with Gasteiger partial charge in [-0.3, -0.25) is 14.4 Å². The average Bonchev–Trinajstić information content (AvgIpc) is 2.72. The lowest BCUT2D eigenvalue weighted by Gasteiger charge is -2.15. The van der Waals surface area contributed by atoms with Crippen LogP contribution >= 0.6 is 11.8 Å². The maximum Gasteiger partial charge on any atom is 0.247 e. The van der Waals surface area contributed by atoms with Gasteiger partial charge in [-0.2, -0.15) is 0 Å². The molecule has 2 rings (SSSR count). The Labute approximate surface area is 127 Å². The zero-order valence-electron chi connectivity index (χ0n) is 11.7. The number of imide groups is 1. The van der Waals surface area contributed by atoms with Crippen LogP contribution in [0, 0.1) is 0 Å². The van der Waals surface area contributed by atoms with E-state index in [1.165, 1.54) is 23.6 Å². The van der Waals surface area contributed by atoms with Crippen molar-refractivity contribution in [2.75, 3.05) is 22.5 Å². The normalized spacial score (nSPS) is 18.2. The first kappa shape index (κ1) is 15.5. The van der Waals surface area contributed by atoms with E-state index in [0.29, 0.717) is 23.7 Å². The van der Waals surface area contributed by atoms with Crippen LogP contribution in [0.25, 0.3) is 0 Å². The first-order valence-electron chi connectivity index (χ1n) is 6.59. The third-order valence-corrected chi connectivity index (χ3v) is 4.23. The topological polar surface area (TPSA) is 92.5 Å². The number of benzene rings is 1. The summed E-state index contributed by atoms with van der Waals surface area (Å²) in [5.41, 5.74) is 6.57. The smallest absolute Gasteiger partial charge is 0.247 e. The van der Waals surface area contributed by atoms with Crippen LogP contribution in [0.1, 0.15) is 13.3 Å². The summed E-state index contributed by atoms with van der Waals surface area (Å²) in [7, 11) is 0. The van der Waals surface area contributed by atoms with Crippen LogP contribution in [0.3, 0.4) is 0 Å². The molecule has 1 heterocycles. The molecule has 1 atom stereocenters. The molecule has 21 heavy (non-hydrogen) atoms. The van der Waals surface area contributed by atoms with E-state index in [9.17, 15) is 14.4 Å². The molecule has 0 saturated carbocycles. The third-order valence-electron chi connectivity index (χ3n) is 2.99. The van der Waals surface area contributed by atoms with E-state index >= 15 is 0 Å². The van der Waals surface area contributed by atoms with Gasteiger partial charge in [-0.1, -0.05) is 0 Å². The summed E-state index contributed by atoms with van der Waals surface area (Å²) in [6.45, 7) is 1.90. The molecule has 0 aromatic heterocycles. The molecule has 0 spiro atoms. The fourth-order valence-electron chi connectivity index (χ4n) is 2.11. The Hall–Kier alpha value is -1.86. The van der Waals surface area contributed by atoms with E-state index in [1.807, 2.05) is 0 Å². The quantitative estimate of drug-likeness (QED) is 0.791. The maximum atomic E-state index is 12.3. The lowest BCUT2D eigenvalue weighted by molar-refractivity contribution is -0.121. The summed E-state index contributed by atoms with van der Waals surface area (Å²) in [5.74, 6) is 0.0702. The summed E-state index contributed by atoms with van der Waals surface area (Å²) >= 11 is 1.41. The number of anilines is 2. The van der Waals surface area contributed by atoms with E-state index in [0.717, 1.165) is 0 Å². The highest BCUT2D eigenvalue weighted by atomic mass is 32.2. The standard InChI is InChI=1S/C14H17N3O3S/c1-9(18)16-10-2-4-11(5-3-10)17-13(19)8-12(14(17)20)21-7-6-15/h2-5,12H,6-8,15H2,1H3,(H,16,18). The van der Waals surface area contributed by atoms with Gasteiger partial charge in [0.15, 0.2) is 0 Å². The van der Waals surface area contributed by atoms with Crippen LogP contribution in [0.15, 0.2) is 24.3 Å². The van der Waals surface area contributed by atoms with Gasteiger partial charge in [0.25, 0.3) is 0 Å². The number of carbonyl (C=O) groups is 3.